The molecule has 1 aliphatic heterocycles. The number of carbonyl (C=O) groups is 3. The SMILES string of the molecule is COc1cccc(N2C(=O)C(Nc3ccc(NC(C)=O)cc3)=C(c3ccccc3OC)C2=O)c1. The maximum absolute atomic E-state index is 13.6. The van der Waals surface area contributed by atoms with E-state index in [4.69, 9.17) is 9.47 Å². The second kappa shape index (κ2) is 9.50. The molecule has 8 nitrogen and oxygen atoms in total. The fourth-order valence-electron chi connectivity index (χ4n) is 3.72. The van der Waals surface area contributed by atoms with E-state index in [-0.39, 0.29) is 17.2 Å². The first-order valence-electron chi connectivity index (χ1n) is 10.5. The van der Waals surface area contributed by atoms with Gasteiger partial charge in [-0.1, -0.05) is 24.3 Å². The van der Waals surface area contributed by atoms with E-state index in [2.05, 4.69) is 10.6 Å². The summed E-state index contributed by atoms with van der Waals surface area (Å²) in [4.78, 5) is 39.6. The first-order valence-corrected chi connectivity index (χ1v) is 10.5. The Hall–Kier alpha value is -4.59. The summed E-state index contributed by atoms with van der Waals surface area (Å²) in [5.74, 6) is -0.198. The Balaban J connectivity index is 1.79. The van der Waals surface area contributed by atoms with E-state index < -0.39 is 11.8 Å². The summed E-state index contributed by atoms with van der Waals surface area (Å²) in [6.45, 7) is 1.42. The van der Waals surface area contributed by atoms with Crippen LogP contribution < -0.4 is 25.0 Å². The highest BCUT2D eigenvalue weighted by Crippen LogP contribution is 2.38. The van der Waals surface area contributed by atoms with Gasteiger partial charge in [0, 0.05) is 29.9 Å². The quantitative estimate of drug-likeness (QED) is 0.520. The minimum Gasteiger partial charge on any atom is -0.497 e. The highest BCUT2D eigenvalue weighted by atomic mass is 16.5. The van der Waals surface area contributed by atoms with Crippen LogP contribution in [0.2, 0.25) is 0 Å². The number of carbonyl (C=O) groups excluding carboxylic acids is 3. The molecule has 0 saturated carbocycles. The minimum atomic E-state index is -0.509. The Morgan fingerprint density at radius 2 is 1.53 bits per heavy atom. The highest BCUT2D eigenvalue weighted by molar-refractivity contribution is 6.46. The molecule has 2 N–H and O–H groups in total. The van der Waals surface area contributed by atoms with Crippen LogP contribution in [0.5, 0.6) is 11.5 Å². The topological polar surface area (TPSA) is 97.0 Å². The molecule has 0 bridgehead atoms. The van der Waals surface area contributed by atoms with Crippen LogP contribution in [0.25, 0.3) is 5.57 Å². The molecule has 0 unspecified atom stereocenters. The van der Waals surface area contributed by atoms with E-state index >= 15 is 0 Å². The number of amides is 3. The summed E-state index contributed by atoms with van der Waals surface area (Å²) < 4.78 is 10.7. The van der Waals surface area contributed by atoms with Crippen LogP contribution in [-0.2, 0) is 14.4 Å². The third-order valence-corrected chi connectivity index (χ3v) is 5.25. The summed E-state index contributed by atoms with van der Waals surface area (Å²) in [5.41, 5.74) is 2.38. The molecule has 8 heteroatoms. The lowest BCUT2D eigenvalue weighted by atomic mass is 10.0. The predicted octanol–water partition coefficient (Wildman–Crippen LogP) is 4.06. The molecule has 0 aromatic heterocycles. The zero-order valence-corrected chi connectivity index (χ0v) is 18.9. The first kappa shape index (κ1) is 22.6. The number of benzene rings is 3. The second-order valence-electron chi connectivity index (χ2n) is 7.48. The van der Waals surface area contributed by atoms with Gasteiger partial charge in [-0.25, -0.2) is 4.90 Å². The zero-order chi connectivity index (χ0) is 24.2. The number of hydrogen-bond acceptors (Lipinski definition) is 6. The van der Waals surface area contributed by atoms with Gasteiger partial charge >= 0.3 is 0 Å². The number of nitrogens with zero attached hydrogens (tertiary/aromatic N) is 1. The van der Waals surface area contributed by atoms with Crippen molar-refractivity contribution in [2.45, 2.75) is 6.92 Å². The molecular formula is C26H23N3O5. The molecule has 4 rings (SSSR count). The van der Waals surface area contributed by atoms with Crippen molar-refractivity contribution >= 4 is 40.4 Å². The number of nitrogens with one attached hydrogen (secondary N) is 2. The maximum atomic E-state index is 13.6. The van der Waals surface area contributed by atoms with E-state index in [9.17, 15) is 14.4 Å². The number of hydrogen-bond donors (Lipinski definition) is 2. The largest absolute Gasteiger partial charge is 0.497 e. The van der Waals surface area contributed by atoms with Crippen molar-refractivity contribution in [3.8, 4) is 11.5 Å². The number of para-hydroxylation sites is 1. The summed E-state index contributed by atoms with van der Waals surface area (Å²) in [5, 5.41) is 5.79. The van der Waals surface area contributed by atoms with Crippen molar-refractivity contribution in [2.24, 2.45) is 0 Å². The Labute approximate surface area is 196 Å². The summed E-state index contributed by atoms with van der Waals surface area (Å²) >= 11 is 0. The van der Waals surface area contributed by atoms with Gasteiger partial charge in [0.05, 0.1) is 25.5 Å². The highest BCUT2D eigenvalue weighted by Gasteiger charge is 2.41. The number of methoxy groups -OCH3 is 2. The molecule has 3 aromatic carbocycles. The van der Waals surface area contributed by atoms with E-state index in [1.807, 2.05) is 0 Å². The molecule has 1 heterocycles. The Morgan fingerprint density at radius 3 is 2.21 bits per heavy atom. The summed E-state index contributed by atoms with van der Waals surface area (Å²) in [6.07, 6.45) is 0. The van der Waals surface area contributed by atoms with Crippen molar-refractivity contribution < 1.29 is 23.9 Å². The van der Waals surface area contributed by atoms with Crippen LogP contribution in [0, 0.1) is 0 Å². The van der Waals surface area contributed by atoms with Crippen LogP contribution >= 0.6 is 0 Å². The van der Waals surface area contributed by atoms with E-state index in [0.717, 1.165) is 4.90 Å². The molecule has 0 aliphatic carbocycles. The van der Waals surface area contributed by atoms with E-state index in [1.165, 1.54) is 21.1 Å². The first-order chi connectivity index (χ1) is 16.4. The number of rotatable bonds is 7. The third-order valence-electron chi connectivity index (χ3n) is 5.25. The zero-order valence-electron chi connectivity index (χ0n) is 18.9. The minimum absolute atomic E-state index is 0.115. The van der Waals surface area contributed by atoms with Gasteiger partial charge in [-0.15, -0.1) is 0 Å². The van der Waals surface area contributed by atoms with Gasteiger partial charge < -0.3 is 20.1 Å². The van der Waals surface area contributed by atoms with Crippen molar-refractivity contribution in [3.63, 3.8) is 0 Å². The number of imide groups is 1. The van der Waals surface area contributed by atoms with Crippen molar-refractivity contribution in [1.29, 1.82) is 0 Å². The van der Waals surface area contributed by atoms with Crippen LogP contribution in [-0.4, -0.2) is 31.9 Å². The molecule has 1 aliphatic rings. The molecule has 34 heavy (non-hydrogen) atoms. The van der Waals surface area contributed by atoms with Gasteiger partial charge in [-0.2, -0.15) is 0 Å². The smallest absolute Gasteiger partial charge is 0.282 e. The van der Waals surface area contributed by atoms with Crippen LogP contribution in [0.15, 0.2) is 78.5 Å². The predicted molar refractivity (Wildman–Crippen MR) is 130 cm³/mol. The average Bonchev–Trinajstić information content (AvgIpc) is 3.08. The molecule has 172 valence electrons. The van der Waals surface area contributed by atoms with Gasteiger partial charge in [-0.3, -0.25) is 14.4 Å². The van der Waals surface area contributed by atoms with E-state index in [1.54, 1.807) is 72.8 Å². The van der Waals surface area contributed by atoms with Gasteiger partial charge in [0.2, 0.25) is 5.91 Å². The van der Waals surface area contributed by atoms with Gasteiger partial charge in [0.1, 0.15) is 17.2 Å². The summed E-state index contributed by atoms with van der Waals surface area (Å²) in [6, 6.07) is 20.6. The lowest BCUT2D eigenvalue weighted by molar-refractivity contribution is -0.120. The molecule has 0 saturated heterocycles. The normalized spacial score (nSPS) is 13.2. The van der Waals surface area contributed by atoms with Crippen LogP contribution in [0.1, 0.15) is 12.5 Å². The molecule has 0 spiro atoms. The van der Waals surface area contributed by atoms with Crippen LogP contribution in [0.4, 0.5) is 17.1 Å². The third kappa shape index (κ3) is 4.33. The van der Waals surface area contributed by atoms with Gasteiger partial charge in [0.15, 0.2) is 0 Å². The molecule has 0 atom stereocenters. The fraction of sp³-hybridized carbons (Fsp3) is 0.115. The van der Waals surface area contributed by atoms with Crippen molar-refractivity contribution in [2.75, 3.05) is 29.8 Å². The Morgan fingerprint density at radius 1 is 0.824 bits per heavy atom. The van der Waals surface area contributed by atoms with Crippen molar-refractivity contribution in [1.82, 2.24) is 0 Å². The van der Waals surface area contributed by atoms with E-state index in [0.29, 0.717) is 34.1 Å². The standard InChI is InChI=1S/C26H23N3O5/c1-16(30)27-17-11-13-18(14-12-17)28-24-23(21-9-4-5-10-22(21)34-3)25(31)29(26(24)32)19-7-6-8-20(15-19)33-2/h4-15,28H,1-3H3,(H,27,30). The molecule has 3 aromatic rings. The fourth-order valence-corrected chi connectivity index (χ4v) is 3.72. The lowest BCUT2D eigenvalue weighted by Crippen LogP contribution is -2.32. The Kier molecular flexibility index (Phi) is 6.31. The molecule has 0 fully saturated rings. The molecule has 0 radical (unpaired) electrons. The monoisotopic (exact) mass is 457 g/mol. The number of ether oxygens (including phenoxy) is 2. The van der Waals surface area contributed by atoms with Crippen LogP contribution in [0.3, 0.4) is 0 Å². The molecular weight excluding hydrogens is 434 g/mol. The summed E-state index contributed by atoms with van der Waals surface area (Å²) in [7, 11) is 3.02. The maximum Gasteiger partial charge on any atom is 0.282 e. The van der Waals surface area contributed by atoms with Gasteiger partial charge in [0.25, 0.3) is 11.8 Å². The Bertz CT molecular complexity index is 1300. The lowest BCUT2D eigenvalue weighted by Gasteiger charge is -2.16. The van der Waals surface area contributed by atoms with Gasteiger partial charge in [-0.05, 0) is 42.5 Å². The second-order valence-corrected chi connectivity index (χ2v) is 7.48. The van der Waals surface area contributed by atoms with Crippen molar-refractivity contribution in [3.05, 3.63) is 84.1 Å². The average molecular weight is 457 g/mol. The number of anilines is 3. The molecule has 3 amide bonds.